The molecule has 0 bridgehead atoms. The highest BCUT2D eigenvalue weighted by atomic mass is 16.5. The third-order valence-corrected chi connectivity index (χ3v) is 11.5. The summed E-state index contributed by atoms with van der Waals surface area (Å²) in [4.78, 5) is 30.4. The van der Waals surface area contributed by atoms with Crippen LogP contribution in [0.3, 0.4) is 0 Å². The molecule has 69 heavy (non-hydrogen) atoms. The van der Waals surface area contributed by atoms with Gasteiger partial charge < -0.3 is 14.8 Å². The minimum atomic E-state index is -0.344. The Balaban J connectivity index is 1.21. The molecule has 0 fully saturated rings. The monoisotopic (exact) mass is 904 g/mol. The van der Waals surface area contributed by atoms with Crippen LogP contribution in [-0.2, 0) is 9.47 Å². The van der Waals surface area contributed by atoms with Crippen molar-refractivity contribution >= 4 is 17.8 Å². The Labute approximate surface area is 407 Å². The van der Waals surface area contributed by atoms with Crippen LogP contribution in [-0.4, -0.2) is 31.0 Å². The van der Waals surface area contributed by atoms with Crippen molar-refractivity contribution in [1.82, 2.24) is 5.32 Å². The van der Waals surface area contributed by atoms with E-state index in [0.717, 1.165) is 92.7 Å². The lowest BCUT2D eigenvalue weighted by Crippen LogP contribution is -2.29. The van der Waals surface area contributed by atoms with Crippen molar-refractivity contribution < 1.29 is 19.1 Å². The maximum absolute atomic E-state index is 12.5. The molecule has 342 valence electrons. The van der Waals surface area contributed by atoms with Crippen molar-refractivity contribution in [3.8, 4) is 45.9 Å². The molecule has 7 rings (SSSR count). The van der Waals surface area contributed by atoms with Crippen LogP contribution in [0, 0.1) is 23.7 Å². The summed E-state index contributed by atoms with van der Waals surface area (Å²) < 4.78 is 10.8. The largest absolute Gasteiger partial charge is 0.462 e. The number of carbonyl (C=O) groups is 2. The maximum Gasteiger partial charge on any atom is 0.338 e. The number of nitrogens with zero attached hydrogens (tertiary/aromatic N) is 1. The Morgan fingerprint density at radius 2 is 0.913 bits per heavy atom. The molecule has 6 nitrogen and oxygen atoms in total. The van der Waals surface area contributed by atoms with Crippen molar-refractivity contribution in [3.63, 3.8) is 0 Å². The van der Waals surface area contributed by atoms with Gasteiger partial charge in [-0.3, -0.25) is 4.99 Å². The molecule has 0 spiro atoms. The second-order valence-electron chi connectivity index (χ2n) is 16.5. The molecule has 7 aromatic carbocycles. The molecule has 0 amide bonds. The van der Waals surface area contributed by atoms with Gasteiger partial charge >= 0.3 is 11.9 Å². The fraction of sp³-hybridized carbons (Fsp3) is 0.159. The molecule has 1 N–H and O–H groups in total. The van der Waals surface area contributed by atoms with Crippen LogP contribution in [0.1, 0.15) is 111 Å². The molecule has 0 aliphatic heterocycles. The van der Waals surface area contributed by atoms with Gasteiger partial charge in [0, 0.05) is 33.9 Å². The zero-order valence-electron chi connectivity index (χ0n) is 39.3. The summed E-state index contributed by atoms with van der Waals surface area (Å²) in [5.74, 6) is 13.2. The van der Waals surface area contributed by atoms with E-state index in [1.165, 1.54) is 0 Å². The molecular formula is C63H56N2O4. The second-order valence-corrected chi connectivity index (χ2v) is 16.5. The van der Waals surface area contributed by atoms with Crippen molar-refractivity contribution in [2.45, 2.75) is 51.6 Å². The Morgan fingerprint density at radius 3 is 1.32 bits per heavy atom. The minimum absolute atomic E-state index is 0.0618. The number of benzene rings is 7. The number of carbonyl (C=O) groups excluding carboxylic acids is 2. The van der Waals surface area contributed by atoms with Gasteiger partial charge in [0.2, 0.25) is 0 Å². The second kappa shape index (κ2) is 24.9. The summed E-state index contributed by atoms with van der Waals surface area (Å²) in [6, 6.07) is 57.9. The van der Waals surface area contributed by atoms with E-state index in [-0.39, 0.29) is 24.0 Å². The fourth-order valence-electron chi connectivity index (χ4n) is 7.58. The Bertz CT molecular complexity index is 2840. The Kier molecular flexibility index (Phi) is 17.5. The molecular weight excluding hydrogens is 849 g/mol. The Morgan fingerprint density at radius 1 is 0.522 bits per heavy atom. The summed E-state index contributed by atoms with van der Waals surface area (Å²) in [7, 11) is 0. The van der Waals surface area contributed by atoms with Crippen LogP contribution >= 0.6 is 0 Å². The van der Waals surface area contributed by atoms with Gasteiger partial charge in [-0.1, -0.05) is 139 Å². The van der Waals surface area contributed by atoms with Crippen LogP contribution in [0.2, 0.25) is 0 Å². The number of nitrogens with one attached hydrogen (secondary N) is 1. The number of ether oxygens (including phenoxy) is 2. The number of hydrogen-bond donors (Lipinski definition) is 1. The minimum Gasteiger partial charge on any atom is -0.462 e. The molecule has 2 atom stereocenters. The lowest BCUT2D eigenvalue weighted by molar-refractivity contribution is 0.0492. The standard InChI is InChI=1S/C63H56N2O4/c1-5-7-15-44-68-62(66)56-40-32-50(33-41-56)26-24-48-28-36-54(37-29-48)58-22-17-23-59(60(58)61(64-46(3)52-18-11-9-12-19-52)65-47(4)53-20-13-10-14-21-53)55-38-30-49(31-39-55)25-27-51-34-42-57(43-35-51)63(67)69-45-16-8-6-2/h5-6,9-14,17-23,28-43,46-47H,1-2,7-8,15-16,44-45H2,3-4H3,(H,64,65). The zero-order valence-corrected chi connectivity index (χ0v) is 39.3. The van der Waals surface area contributed by atoms with Gasteiger partial charge in [-0.05, 0) is 146 Å². The molecule has 0 heterocycles. The summed E-state index contributed by atoms with van der Waals surface area (Å²) in [5.41, 5.74) is 11.6. The topological polar surface area (TPSA) is 77.0 Å². The van der Waals surface area contributed by atoms with Gasteiger partial charge in [0.15, 0.2) is 0 Å². The van der Waals surface area contributed by atoms with E-state index in [0.29, 0.717) is 24.3 Å². The highest BCUT2D eigenvalue weighted by Gasteiger charge is 2.21. The third-order valence-electron chi connectivity index (χ3n) is 11.5. The van der Waals surface area contributed by atoms with Gasteiger partial charge in [-0.25, -0.2) is 9.59 Å². The van der Waals surface area contributed by atoms with Crippen molar-refractivity contribution in [2.75, 3.05) is 13.2 Å². The van der Waals surface area contributed by atoms with Gasteiger partial charge in [-0.2, -0.15) is 0 Å². The number of rotatable bonds is 17. The smallest absolute Gasteiger partial charge is 0.338 e. The zero-order chi connectivity index (χ0) is 48.2. The summed E-state index contributed by atoms with van der Waals surface area (Å²) >= 11 is 0. The number of esters is 2. The maximum atomic E-state index is 12.5. The van der Waals surface area contributed by atoms with Crippen molar-refractivity contribution in [1.29, 1.82) is 0 Å². The van der Waals surface area contributed by atoms with Gasteiger partial charge in [0.05, 0.1) is 30.4 Å². The first kappa shape index (κ1) is 48.5. The summed E-state index contributed by atoms with van der Waals surface area (Å²) in [6.07, 6.45) is 6.73. The highest BCUT2D eigenvalue weighted by molar-refractivity contribution is 6.10. The van der Waals surface area contributed by atoms with E-state index in [1.807, 2.05) is 84.9 Å². The van der Waals surface area contributed by atoms with Crippen LogP contribution in [0.15, 0.2) is 206 Å². The normalized spacial score (nSPS) is 11.7. The van der Waals surface area contributed by atoms with Crippen LogP contribution in [0.5, 0.6) is 0 Å². The molecule has 0 aromatic heterocycles. The van der Waals surface area contributed by atoms with Crippen LogP contribution < -0.4 is 5.32 Å². The quantitative estimate of drug-likeness (QED) is 0.0246. The lowest BCUT2D eigenvalue weighted by atomic mass is 9.89. The predicted octanol–water partition coefficient (Wildman–Crippen LogP) is 13.9. The average Bonchev–Trinajstić information content (AvgIpc) is 3.40. The first-order valence-electron chi connectivity index (χ1n) is 23.4. The van der Waals surface area contributed by atoms with Gasteiger partial charge in [-0.15, -0.1) is 13.2 Å². The first-order chi connectivity index (χ1) is 33.8. The molecule has 0 saturated heterocycles. The summed E-state index contributed by atoms with van der Waals surface area (Å²) in [6.45, 7) is 12.4. The van der Waals surface area contributed by atoms with Crippen LogP contribution in [0.25, 0.3) is 22.3 Å². The van der Waals surface area contributed by atoms with E-state index < -0.39 is 0 Å². The van der Waals surface area contributed by atoms with Gasteiger partial charge in [0.25, 0.3) is 0 Å². The molecule has 0 saturated carbocycles. The van der Waals surface area contributed by atoms with Crippen molar-refractivity contribution in [2.24, 2.45) is 4.99 Å². The van der Waals surface area contributed by atoms with E-state index in [4.69, 9.17) is 14.5 Å². The molecule has 6 heteroatoms. The fourth-order valence-corrected chi connectivity index (χ4v) is 7.58. The van der Waals surface area contributed by atoms with Crippen molar-refractivity contribution in [3.05, 3.63) is 251 Å². The summed E-state index contributed by atoms with van der Waals surface area (Å²) in [5, 5.41) is 3.86. The van der Waals surface area contributed by atoms with E-state index >= 15 is 0 Å². The SMILES string of the molecule is C=CCCCOC(=O)c1ccc(C#Cc2ccc(-c3cccc(-c4ccc(C#Cc5ccc(C(=O)OCCCC=C)cc5)cc4)c3C(=NC(C)c3ccccc3)NC(C)c3ccccc3)cc2)cc1. The molecule has 2 unspecified atom stereocenters. The van der Waals surface area contributed by atoms with E-state index in [1.54, 1.807) is 24.3 Å². The average molecular weight is 905 g/mol. The van der Waals surface area contributed by atoms with Gasteiger partial charge in [0.1, 0.15) is 5.84 Å². The van der Waals surface area contributed by atoms with E-state index in [9.17, 15) is 9.59 Å². The van der Waals surface area contributed by atoms with Crippen LogP contribution in [0.4, 0.5) is 0 Å². The predicted molar refractivity (Wildman–Crippen MR) is 281 cm³/mol. The number of allylic oxidation sites excluding steroid dienone is 2. The molecule has 0 aliphatic rings. The molecule has 0 aliphatic carbocycles. The Hall–Kier alpha value is -8.45. The third kappa shape index (κ3) is 13.8. The highest BCUT2D eigenvalue weighted by Crippen LogP contribution is 2.35. The number of amidine groups is 1. The number of unbranched alkanes of at least 4 members (excludes halogenated alkanes) is 2. The molecule has 0 radical (unpaired) electrons. The van der Waals surface area contributed by atoms with E-state index in [2.05, 4.69) is 135 Å². The lowest BCUT2D eigenvalue weighted by Gasteiger charge is -2.24. The number of aliphatic imine (C=N–C) groups is 1. The first-order valence-corrected chi connectivity index (χ1v) is 23.4. The number of hydrogen-bond acceptors (Lipinski definition) is 5. The molecule has 7 aromatic rings.